The van der Waals surface area contributed by atoms with E-state index in [4.69, 9.17) is 4.74 Å². The monoisotopic (exact) mass is 408 g/mol. The van der Waals surface area contributed by atoms with Crippen LogP contribution in [0.5, 0.6) is 0 Å². The molecule has 1 aromatic rings. The van der Waals surface area contributed by atoms with E-state index in [0.717, 1.165) is 37.5 Å². The molecule has 1 heterocycles. The lowest BCUT2D eigenvalue weighted by Gasteiger charge is -2.21. The second-order valence-electron chi connectivity index (χ2n) is 5.14. The van der Waals surface area contributed by atoms with Crippen molar-refractivity contribution in [2.45, 2.75) is 19.4 Å². The molecule has 1 N–H and O–H groups in total. The van der Waals surface area contributed by atoms with Crippen LogP contribution >= 0.6 is 24.0 Å². The van der Waals surface area contributed by atoms with Crippen molar-refractivity contribution in [3.05, 3.63) is 12.2 Å². The van der Waals surface area contributed by atoms with Crippen LogP contribution in [0, 0.1) is 5.92 Å². The average molecular weight is 408 g/mol. The van der Waals surface area contributed by atoms with Crippen LogP contribution in [0.25, 0.3) is 0 Å². The standard InChI is InChI=1S/C13H24N6O.HI/c1-14-13(15-8-12-16-10-17-19(12)3)18(2)6-7-20-9-11-4-5-11;/h10-11H,4-9H2,1-3H3,(H,14,15);1H. The smallest absolute Gasteiger partial charge is 0.193 e. The number of nitrogens with zero attached hydrogens (tertiary/aromatic N) is 5. The Morgan fingerprint density at radius 1 is 1.57 bits per heavy atom. The summed E-state index contributed by atoms with van der Waals surface area (Å²) in [5.74, 6) is 2.53. The summed E-state index contributed by atoms with van der Waals surface area (Å²) in [5, 5.41) is 7.31. The van der Waals surface area contributed by atoms with E-state index < -0.39 is 0 Å². The molecule has 120 valence electrons. The molecule has 7 nitrogen and oxygen atoms in total. The molecule has 21 heavy (non-hydrogen) atoms. The molecule has 0 aliphatic heterocycles. The van der Waals surface area contributed by atoms with Crippen LogP contribution in [-0.4, -0.2) is 59.5 Å². The third-order valence-corrected chi connectivity index (χ3v) is 3.40. The maximum absolute atomic E-state index is 5.64. The van der Waals surface area contributed by atoms with Gasteiger partial charge in [-0.3, -0.25) is 9.67 Å². The maximum Gasteiger partial charge on any atom is 0.193 e. The molecular weight excluding hydrogens is 383 g/mol. The minimum absolute atomic E-state index is 0. The number of nitrogens with one attached hydrogen (secondary N) is 1. The van der Waals surface area contributed by atoms with E-state index in [0.29, 0.717) is 6.54 Å². The number of likely N-dealkylation sites (N-methyl/N-ethyl adjacent to an activating group) is 1. The van der Waals surface area contributed by atoms with Gasteiger partial charge in [0.1, 0.15) is 12.2 Å². The third kappa shape index (κ3) is 6.16. The van der Waals surface area contributed by atoms with Gasteiger partial charge < -0.3 is 15.0 Å². The van der Waals surface area contributed by atoms with Gasteiger partial charge in [-0.05, 0) is 18.8 Å². The number of ether oxygens (including phenoxy) is 1. The molecule has 1 fully saturated rings. The van der Waals surface area contributed by atoms with E-state index in [1.165, 1.54) is 12.8 Å². The Labute approximate surface area is 143 Å². The van der Waals surface area contributed by atoms with E-state index in [2.05, 4.69) is 25.3 Å². The fourth-order valence-electron chi connectivity index (χ4n) is 1.86. The Bertz CT molecular complexity index is 446. The quantitative estimate of drug-likeness (QED) is 0.314. The number of aromatic nitrogens is 3. The first-order valence-corrected chi connectivity index (χ1v) is 7.03. The van der Waals surface area contributed by atoms with Crippen LogP contribution in [0.3, 0.4) is 0 Å². The van der Waals surface area contributed by atoms with Crippen LogP contribution in [-0.2, 0) is 18.3 Å². The maximum atomic E-state index is 5.64. The third-order valence-electron chi connectivity index (χ3n) is 3.40. The lowest BCUT2D eigenvalue weighted by molar-refractivity contribution is 0.115. The summed E-state index contributed by atoms with van der Waals surface area (Å²) in [7, 11) is 5.66. The van der Waals surface area contributed by atoms with Crippen molar-refractivity contribution >= 4 is 29.9 Å². The predicted octanol–water partition coefficient (Wildman–Crippen LogP) is 0.867. The second-order valence-corrected chi connectivity index (χ2v) is 5.14. The van der Waals surface area contributed by atoms with Gasteiger partial charge in [0.05, 0.1) is 13.2 Å². The molecule has 1 saturated carbocycles. The van der Waals surface area contributed by atoms with Gasteiger partial charge >= 0.3 is 0 Å². The normalized spacial score (nSPS) is 14.7. The molecule has 0 aromatic carbocycles. The van der Waals surface area contributed by atoms with Gasteiger partial charge in [0.15, 0.2) is 5.96 Å². The highest BCUT2D eigenvalue weighted by Gasteiger charge is 2.21. The second kappa shape index (κ2) is 9.19. The molecule has 2 rings (SSSR count). The number of rotatable bonds is 7. The summed E-state index contributed by atoms with van der Waals surface area (Å²) in [5.41, 5.74) is 0. The fraction of sp³-hybridized carbons (Fsp3) is 0.769. The molecule has 1 aromatic heterocycles. The zero-order valence-electron chi connectivity index (χ0n) is 12.9. The van der Waals surface area contributed by atoms with E-state index in [1.54, 1.807) is 18.1 Å². The number of hydrogen-bond donors (Lipinski definition) is 1. The van der Waals surface area contributed by atoms with Crippen molar-refractivity contribution in [3.8, 4) is 0 Å². The summed E-state index contributed by atoms with van der Waals surface area (Å²) in [6.07, 6.45) is 4.21. The van der Waals surface area contributed by atoms with Crippen LogP contribution in [0.15, 0.2) is 11.3 Å². The average Bonchev–Trinajstić information content (AvgIpc) is 3.18. The van der Waals surface area contributed by atoms with Crippen molar-refractivity contribution in [2.75, 3.05) is 33.9 Å². The first-order chi connectivity index (χ1) is 9.70. The minimum atomic E-state index is 0. The van der Waals surface area contributed by atoms with Gasteiger partial charge in [-0.15, -0.1) is 24.0 Å². The molecule has 0 unspecified atom stereocenters. The lowest BCUT2D eigenvalue weighted by Crippen LogP contribution is -2.40. The van der Waals surface area contributed by atoms with Gasteiger partial charge in [-0.2, -0.15) is 5.10 Å². The molecule has 0 spiro atoms. The Hall–Kier alpha value is -0.900. The van der Waals surface area contributed by atoms with Crippen molar-refractivity contribution in [3.63, 3.8) is 0 Å². The van der Waals surface area contributed by atoms with Crippen LogP contribution in [0.4, 0.5) is 0 Å². The van der Waals surface area contributed by atoms with Gasteiger partial charge in [0, 0.05) is 34.3 Å². The zero-order chi connectivity index (χ0) is 14.4. The number of aryl methyl sites for hydroxylation is 1. The van der Waals surface area contributed by atoms with Crippen molar-refractivity contribution in [1.82, 2.24) is 25.0 Å². The largest absolute Gasteiger partial charge is 0.379 e. The van der Waals surface area contributed by atoms with E-state index in [1.807, 2.05) is 14.1 Å². The Kier molecular flexibility index (Phi) is 7.94. The summed E-state index contributed by atoms with van der Waals surface area (Å²) < 4.78 is 7.39. The summed E-state index contributed by atoms with van der Waals surface area (Å²) in [6, 6.07) is 0. The Balaban J connectivity index is 0.00000220. The molecule has 1 aliphatic rings. The van der Waals surface area contributed by atoms with E-state index in [-0.39, 0.29) is 24.0 Å². The van der Waals surface area contributed by atoms with E-state index >= 15 is 0 Å². The van der Waals surface area contributed by atoms with Gasteiger partial charge in [0.25, 0.3) is 0 Å². The topological polar surface area (TPSA) is 67.6 Å². The first kappa shape index (κ1) is 18.1. The summed E-state index contributed by atoms with van der Waals surface area (Å²) in [4.78, 5) is 10.5. The highest BCUT2D eigenvalue weighted by atomic mass is 127. The Morgan fingerprint density at radius 3 is 2.90 bits per heavy atom. The van der Waals surface area contributed by atoms with Gasteiger partial charge in [-0.25, -0.2) is 4.98 Å². The summed E-state index contributed by atoms with van der Waals surface area (Å²) >= 11 is 0. The van der Waals surface area contributed by atoms with Crippen molar-refractivity contribution < 1.29 is 4.74 Å². The molecule has 0 amide bonds. The summed E-state index contributed by atoms with van der Waals surface area (Å²) in [6.45, 7) is 3.07. The van der Waals surface area contributed by atoms with Crippen LogP contribution in [0.2, 0.25) is 0 Å². The number of hydrogen-bond acceptors (Lipinski definition) is 4. The zero-order valence-corrected chi connectivity index (χ0v) is 15.3. The highest BCUT2D eigenvalue weighted by Crippen LogP contribution is 2.28. The molecule has 0 bridgehead atoms. The van der Waals surface area contributed by atoms with Gasteiger partial charge in [0.2, 0.25) is 0 Å². The van der Waals surface area contributed by atoms with Gasteiger partial charge in [-0.1, -0.05) is 0 Å². The molecule has 0 atom stereocenters. The lowest BCUT2D eigenvalue weighted by atomic mass is 10.5. The number of halogens is 1. The van der Waals surface area contributed by atoms with Crippen LogP contribution < -0.4 is 5.32 Å². The number of guanidine groups is 1. The Morgan fingerprint density at radius 2 is 2.33 bits per heavy atom. The van der Waals surface area contributed by atoms with E-state index in [9.17, 15) is 0 Å². The SMILES string of the molecule is CN=C(NCc1ncnn1C)N(C)CCOCC1CC1.I. The minimum Gasteiger partial charge on any atom is -0.379 e. The fourth-order valence-corrected chi connectivity index (χ4v) is 1.86. The first-order valence-electron chi connectivity index (χ1n) is 7.03. The molecule has 8 heteroatoms. The van der Waals surface area contributed by atoms with Crippen LogP contribution in [0.1, 0.15) is 18.7 Å². The predicted molar refractivity (Wildman–Crippen MR) is 92.8 cm³/mol. The molecule has 1 aliphatic carbocycles. The molecular formula is C13H25IN6O. The molecule has 0 radical (unpaired) electrons. The number of aliphatic imine (C=N–C) groups is 1. The molecule has 0 saturated heterocycles. The van der Waals surface area contributed by atoms with Crippen molar-refractivity contribution in [2.24, 2.45) is 18.0 Å². The van der Waals surface area contributed by atoms with Crippen molar-refractivity contribution in [1.29, 1.82) is 0 Å². The highest BCUT2D eigenvalue weighted by molar-refractivity contribution is 14.0.